The lowest BCUT2D eigenvalue weighted by Gasteiger charge is -2.07. The summed E-state index contributed by atoms with van der Waals surface area (Å²) in [5.41, 5.74) is 8.71. The van der Waals surface area contributed by atoms with Gasteiger partial charge in [0, 0.05) is 5.56 Å². The molecule has 90 valence electrons. The molecular formula is C12H15N3OS. The van der Waals surface area contributed by atoms with Crippen LogP contribution >= 0.6 is 12.2 Å². The zero-order valence-corrected chi connectivity index (χ0v) is 10.2. The first-order chi connectivity index (χ1) is 8.25. The molecule has 1 fully saturated rings. The average Bonchev–Trinajstić information content (AvgIpc) is 3.11. The van der Waals surface area contributed by atoms with Gasteiger partial charge in [0.15, 0.2) is 5.11 Å². The number of hydrogen-bond acceptors (Lipinski definition) is 3. The molecule has 17 heavy (non-hydrogen) atoms. The molecule has 1 aliphatic carbocycles. The molecule has 0 bridgehead atoms. The molecule has 5 heteroatoms. The fourth-order valence-electron chi connectivity index (χ4n) is 1.38. The fourth-order valence-corrected chi connectivity index (χ4v) is 1.43. The van der Waals surface area contributed by atoms with E-state index >= 15 is 0 Å². The predicted molar refractivity (Wildman–Crippen MR) is 72.2 cm³/mol. The molecule has 3 N–H and O–H groups in total. The number of nitrogens with two attached hydrogens (primary N) is 1. The Hall–Kier alpha value is -1.62. The minimum absolute atomic E-state index is 0.151. The Bertz CT molecular complexity index is 430. The molecule has 1 saturated carbocycles. The van der Waals surface area contributed by atoms with Gasteiger partial charge in [-0.1, -0.05) is 12.1 Å². The van der Waals surface area contributed by atoms with E-state index in [1.54, 1.807) is 6.21 Å². The third-order valence-corrected chi connectivity index (χ3v) is 2.56. The standard InChI is InChI=1S/C12H15N3OS/c13-12(17)15-14-7-10-3-1-2-4-11(10)16-8-9-5-6-9/h1-4,7,9H,5-6,8H2,(H3,13,15,17). The summed E-state index contributed by atoms with van der Waals surface area (Å²) in [7, 11) is 0. The normalized spacial score (nSPS) is 14.8. The van der Waals surface area contributed by atoms with Crippen molar-refractivity contribution in [3.05, 3.63) is 29.8 Å². The van der Waals surface area contributed by atoms with Crippen LogP contribution in [0.5, 0.6) is 5.75 Å². The summed E-state index contributed by atoms with van der Waals surface area (Å²) in [6, 6.07) is 7.75. The summed E-state index contributed by atoms with van der Waals surface area (Å²) in [6.07, 6.45) is 4.21. The Kier molecular flexibility index (Phi) is 3.93. The SMILES string of the molecule is NC(=S)NN=Cc1ccccc1OCC1CC1. The second-order valence-corrected chi connectivity index (χ2v) is 4.47. The van der Waals surface area contributed by atoms with Gasteiger partial charge >= 0.3 is 0 Å². The molecule has 4 nitrogen and oxygen atoms in total. The highest BCUT2D eigenvalue weighted by molar-refractivity contribution is 7.80. The molecule has 2 rings (SSSR count). The van der Waals surface area contributed by atoms with E-state index in [2.05, 4.69) is 22.7 Å². The highest BCUT2D eigenvalue weighted by atomic mass is 32.1. The van der Waals surface area contributed by atoms with Gasteiger partial charge in [-0.05, 0) is 43.1 Å². The molecule has 0 spiro atoms. The van der Waals surface area contributed by atoms with Gasteiger partial charge < -0.3 is 10.5 Å². The van der Waals surface area contributed by atoms with E-state index < -0.39 is 0 Å². The number of ether oxygens (including phenoxy) is 1. The summed E-state index contributed by atoms with van der Waals surface area (Å²) < 4.78 is 5.74. The molecule has 0 radical (unpaired) electrons. The minimum Gasteiger partial charge on any atom is -0.493 e. The molecule has 0 aromatic heterocycles. The van der Waals surface area contributed by atoms with Gasteiger partial charge in [0.1, 0.15) is 5.75 Å². The number of benzene rings is 1. The van der Waals surface area contributed by atoms with Crippen molar-refractivity contribution < 1.29 is 4.74 Å². The lowest BCUT2D eigenvalue weighted by Crippen LogP contribution is -2.24. The summed E-state index contributed by atoms with van der Waals surface area (Å²) in [5.74, 6) is 1.57. The zero-order valence-electron chi connectivity index (χ0n) is 9.43. The highest BCUT2D eigenvalue weighted by Crippen LogP contribution is 2.30. The molecule has 1 aromatic carbocycles. The van der Waals surface area contributed by atoms with Crippen LogP contribution in [0.3, 0.4) is 0 Å². The highest BCUT2D eigenvalue weighted by Gasteiger charge is 2.22. The molecule has 0 amide bonds. The summed E-state index contributed by atoms with van der Waals surface area (Å²) in [6.45, 7) is 0.785. The maximum absolute atomic E-state index is 5.74. The van der Waals surface area contributed by atoms with Crippen molar-refractivity contribution in [3.8, 4) is 5.75 Å². The van der Waals surface area contributed by atoms with Crippen molar-refractivity contribution in [3.63, 3.8) is 0 Å². The van der Waals surface area contributed by atoms with Crippen LogP contribution in [-0.4, -0.2) is 17.9 Å². The Morgan fingerprint density at radius 1 is 1.53 bits per heavy atom. The van der Waals surface area contributed by atoms with E-state index in [1.807, 2.05) is 24.3 Å². The lowest BCUT2D eigenvalue weighted by atomic mass is 10.2. The van der Waals surface area contributed by atoms with Crippen molar-refractivity contribution in [2.75, 3.05) is 6.61 Å². The second kappa shape index (κ2) is 5.63. The number of rotatable bonds is 5. The number of hydrazone groups is 1. The molecule has 0 unspecified atom stereocenters. The third-order valence-electron chi connectivity index (χ3n) is 2.47. The molecule has 1 aliphatic rings. The summed E-state index contributed by atoms with van der Waals surface area (Å²) in [4.78, 5) is 0. The Balaban J connectivity index is 1.98. The smallest absolute Gasteiger partial charge is 0.184 e. The van der Waals surface area contributed by atoms with Crippen LogP contribution in [0.4, 0.5) is 0 Å². The van der Waals surface area contributed by atoms with Crippen molar-refractivity contribution in [2.24, 2.45) is 16.8 Å². The Morgan fingerprint density at radius 3 is 3.00 bits per heavy atom. The molecule has 0 atom stereocenters. The predicted octanol–water partition coefficient (Wildman–Crippen LogP) is 1.64. The van der Waals surface area contributed by atoms with Gasteiger partial charge in [-0.2, -0.15) is 5.10 Å². The van der Waals surface area contributed by atoms with E-state index in [9.17, 15) is 0 Å². The lowest BCUT2D eigenvalue weighted by molar-refractivity contribution is 0.299. The largest absolute Gasteiger partial charge is 0.493 e. The molecule has 0 saturated heterocycles. The van der Waals surface area contributed by atoms with Gasteiger partial charge in [0.25, 0.3) is 0 Å². The van der Waals surface area contributed by atoms with Gasteiger partial charge in [0.05, 0.1) is 12.8 Å². The van der Waals surface area contributed by atoms with Crippen LogP contribution in [-0.2, 0) is 0 Å². The number of para-hydroxylation sites is 1. The van der Waals surface area contributed by atoms with E-state index in [0.29, 0.717) is 0 Å². The van der Waals surface area contributed by atoms with Crippen molar-refractivity contribution in [1.29, 1.82) is 0 Å². The molecule has 0 heterocycles. The minimum atomic E-state index is 0.151. The van der Waals surface area contributed by atoms with Crippen LogP contribution in [0.1, 0.15) is 18.4 Å². The van der Waals surface area contributed by atoms with E-state index in [-0.39, 0.29) is 5.11 Å². The maximum Gasteiger partial charge on any atom is 0.184 e. The Morgan fingerprint density at radius 2 is 2.29 bits per heavy atom. The van der Waals surface area contributed by atoms with E-state index in [1.165, 1.54) is 12.8 Å². The number of thiocarbonyl (C=S) groups is 1. The Labute approximate surface area is 106 Å². The first-order valence-corrected chi connectivity index (χ1v) is 5.97. The van der Waals surface area contributed by atoms with E-state index in [4.69, 9.17) is 10.5 Å². The number of hydrogen-bond donors (Lipinski definition) is 2. The monoisotopic (exact) mass is 249 g/mol. The van der Waals surface area contributed by atoms with Gasteiger partial charge in [-0.25, -0.2) is 0 Å². The van der Waals surface area contributed by atoms with Crippen LogP contribution in [0, 0.1) is 5.92 Å². The zero-order chi connectivity index (χ0) is 12.1. The van der Waals surface area contributed by atoms with Crippen LogP contribution < -0.4 is 15.9 Å². The third kappa shape index (κ3) is 4.03. The number of nitrogens with one attached hydrogen (secondary N) is 1. The quantitative estimate of drug-likeness (QED) is 0.473. The van der Waals surface area contributed by atoms with Crippen molar-refractivity contribution in [1.82, 2.24) is 5.43 Å². The maximum atomic E-state index is 5.74. The summed E-state index contributed by atoms with van der Waals surface area (Å²) >= 11 is 4.66. The van der Waals surface area contributed by atoms with Crippen LogP contribution in [0.2, 0.25) is 0 Å². The van der Waals surface area contributed by atoms with Gasteiger partial charge in [0.2, 0.25) is 0 Å². The van der Waals surface area contributed by atoms with Gasteiger partial charge in [-0.15, -0.1) is 0 Å². The van der Waals surface area contributed by atoms with Crippen molar-refractivity contribution in [2.45, 2.75) is 12.8 Å². The first kappa shape index (κ1) is 11.9. The van der Waals surface area contributed by atoms with Crippen LogP contribution in [0.15, 0.2) is 29.4 Å². The molecule has 0 aliphatic heterocycles. The number of nitrogens with zero attached hydrogens (tertiary/aromatic N) is 1. The molecule has 1 aromatic rings. The molecular weight excluding hydrogens is 234 g/mol. The van der Waals surface area contributed by atoms with E-state index in [0.717, 1.165) is 23.8 Å². The fraction of sp³-hybridized carbons (Fsp3) is 0.333. The second-order valence-electron chi connectivity index (χ2n) is 4.03. The average molecular weight is 249 g/mol. The van der Waals surface area contributed by atoms with Crippen LogP contribution in [0.25, 0.3) is 0 Å². The first-order valence-electron chi connectivity index (χ1n) is 5.56. The topological polar surface area (TPSA) is 59.6 Å². The van der Waals surface area contributed by atoms with Crippen molar-refractivity contribution >= 4 is 23.5 Å². The van der Waals surface area contributed by atoms with Gasteiger partial charge in [-0.3, -0.25) is 5.43 Å². The summed E-state index contributed by atoms with van der Waals surface area (Å²) in [5, 5.41) is 4.07.